The summed E-state index contributed by atoms with van der Waals surface area (Å²) in [7, 11) is 1.58. The first-order chi connectivity index (χ1) is 14.6. The van der Waals surface area contributed by atoms with E-state index < -0.39 is 0 Å². The number of carbonyl (C=O) groups excluding carboxylic acids is 2. The molecule has 30 heavy (non-hydrogen) atoms. The lowest BCUT2D eigenvalue weighted by Crippen LogP contribution is -2.32. The van der Waals surface area contributed by atoms with Gasteiger partial charge in [-0.2, -0.15) is 0 Å². The standard InChI is InChI=1S/C23H25NO5S/c1-3-4-13-29-19-11-10-17(15-20(19)27-2)16-21-22(25)24(23(26)30-21)12-14-28-18-8-6-5-7-9-18/h5-11,15-16H,3-4,12-14H2,1-2H3/b21-16-. The molecular weight excluding hydrogens is 402 g/mol. The molecule has 0 saturated carbocycles. The van der Waals surface area contributed by atoms with Crippen molar-refractivity contribution < 1.29 is 23.8 Å². The van der Waals surface area contributed by atoms with Gasteiger partial charge in [-0.3, -0.25) is 14.5 Å². The zero-order valence-corrected chi connectivity index (χ0v) is 17.9. The third-order valence-electron chi connectivity index (χ3n) is 4.44. The van der Waals surface area contributed by atoms with Crippen LogP contribution in [-0.4, -0.2) is 42.9 Å². The molecule has 0 radical (unpaired) electrons. The molecule has 1 aliphatic heterocycles. The van der Waals surface area contributed by atoms with Crippen LogP contribution in [-0.2, 0) is 4.79 Å². The number of hydrogen-bond donors (Lipinski definition) is 0. The predicted octanol–water partition coefficient (Wildman–Crippen LogP) is 4.99. The van der Waals surface area contributed by atoms with Crippen molar-refractivity contribution in [2.45, 2.75) is 19.8 Å². The van der Waals surface area contributed by atoms with E-state index in [-0.39, 0.29) is 24.3 Å². The molecule has 0 aromatic heterocycles. The zero-order chi connectivity index (χ0) is 21.3. The van der Waals surface area contributed by atoms with Gasteiger partial charge in [-0.25, -0.2) is 0 Å². The summed E-state index contributed by atoms with van der Waals surface area (Å²) in [6, 6.07) is 14.8. The van der Waals surface area contributed by atoms with Crippen molar-refractivity contribution in [2.24, 2.45) is 0 Å². The molecule has 1 fully saturated rings. The first kappa shape index (κ1) is 21.8. The average Bonchev–Trinajstić information content (AvgIpc) is 3.02. The molecule has 1 saturated heterocycles. The van der Waals surface area contributed by atoms with Crippen LogP contribution in [0.1, 0.15) is 25.3 Å². The Hall–Kier alpha value is -2.93. The van der Waals surface area contributed by atoms with Crippen molar-refractivity contribution >= 4 is 29.0 Å². The van der Waals surface area contributed by atoms with E-state index in [4.69, 9.17) is 14.2 Å². The largest absolute Gasteiger partial charge is 0.493 e. The van der Waals surface area contributed by atoms with Gasteiger partial charge in [-0.05, 0) is 54.1 Å². The molecular formula is C23H25NO5S. The van der Waals surface area contributed by atoms with Crippen molar-refractivity contribution in [2.75, 3.05) is 26.9 Å². The highest BCUT2D eigenvalue weighted by Crippen LogP contribution is 2.34. The lowest BCUT2D eigenvalue weighted by Gasteiger charge is -2.13. The second-order valence-electron chi connectivity index (χ2n) is 6.61. The number of amides is 2. The summed E-state index contributed by atoms with van der Waals surface area (Å²) in [4.78, 5) is 26.5. The number of methoxy groups -OCH3 is 1. The van der Waals surface area contributed by atoms with Crippen LogP contribution >= 0.6 is 11.8 Å². The van der Waals surface area contributed by atoms with E-state index >= 15 is 0 Å². The third-order valence-corrected chi connectivity index (χ3v) is 5.35. The minimum atomic E-state index is -0.316. The third kappa shape index (κ3) is 5.57. The van der Waals surface area contributed by atoms with Crippen LogP contribution in [0, 0.1) is 0 Å². The number of benzene rings is 2. The first-order valence-electron chi connectivity index (χ1n) is 9.86. The number of unbranched alkanes of at least 4 members (excludes halogenated alkanes) is 1. The molecule has 3 rings (SSSR count). The van der Waals surface area contributed by atoms with Gasteiger partial charge in [0.1, 0.15) is 12.4 Å². The van der Waals surface area contributed by atoms with Crippen LogP contribution in [0.5, 0.6) is 17.2 Å². The van der Waals surface area contributed by atoms with Gasteiger partial charge in [-0.1, -0.05) is 37.6 Å². The maximum Gasteiger partial charge on any atom is 0.293 e. The van der Waals surface area contributed by atoms with Crippen LogP contribution in [0.2, 0.25) is 0 Å². The summed E-state index contributed by atoms with van der Waals surface area (Å²) < 4.78 is 16.7. The molecule has 1 heterocycles. The van der Waals surface area contributed by atoms with Crippen LogP contribution in [0.3, 0.4) is 0 Å². The van der Waals surface area contributed by atoms with E-state index in [2.05, 4.69) is 6.92 Å². The van der Waals surface area contributed by atoms with Crippen LogP contribution < -0.4 is 14.2 Å². The molecule has 2 aromatic rings. The van der Waals surface area contributed by atoms with Gasteiger partial charge in [0.05, 0.1) is 25.2 Å². The first-order valence-corrected chi connectivity index (χ1v) is 10.7. The maximum atomic E-state index is 12.7. The minimum absolute atomic E-state index is 0.199. The highest BCUT2D eigenvalue weighted by Gasteiger charge is 2.34. The lowest BCUT2D eigenvalue weighted by atomic mass is 10.2. The Labute approximate surface area is 180 Å². The number of carbonyl (C=O) groups is 2. The van der Waals surface area contributed by atoms with E-state index in [1.165, 1.54) is 4.90 Å². The lowest BCUT2D eigenvalue weighted by molar-refractivity contribution is -0.123. The highest BCUT2D eigenvalue weighted by molar-refractivity contribution is 8.18. The molecule has 2 amide bonds. The predicted molar refractivity (Wildman–Crippen MR) is 118 cm³/mol. The van der Waals surface area contributed by atoms with E-state index in [9.17, 15) is 9.59 Å². The Morgan fingerprint density at radius 3 is 2.53 bits per heavy atom. The maximum absolute atomic E-state index is 12.7. The quantitative estimate of drug-likeness (QED) is 0.393. The van der Waals surface area contributed by atoms with Crippen molar-refractivity contribution in [3.05, 3.63) is 59.0 Å². The number of nitrogens with zero attached hydrogens (tertiary/aromatic N) is 1. The molecule has 2 aromatic carbocycles. The van der Waals surface area contributed by atoms with Gasteiger partial charge in [0, 0.05) is 0 Å². The van der Waals surface area contributed by atoms with E-state index in [1.807, 2.05) is 42.5 Å². The summed E-state index contributed by atoms with van der Waals surface area (Å²) in [6.45, 7) is 3.16. The topological polar surface area (TPSA) is 65.1 Å². The molecule has 0 unspecified atom stereocenters. The number of imide groups is 1. The van der Waals surface area contributed by atoms with E-state index in [0.29, 0.717) is 28.8 Å². The van der Waals surface area contributed by atoms with E-state index in [1.54, 1.807) is 19.3 Å². The molecule has 0 bridgehead atoms. The summed E-state index contributed by atoms with van der Waals surface area (Å²) in [5.74, 6) is 1.64. The smallest absolute Gasteiger partial charge is 0.293 e. The van der Waals surface area contributed by atoms with Gasteiger partial charge in [0.25, 0.3) is 11.1 Å². The molecule has 0 atom stereocenters. The molecule has 6 nitrogen and oxygen atoms in total. The highest BCUT2D eigenvalue weighted by atomic mass is 32.2. The summed E-state index contributed by atoms with van der Waals surface area (Å²) >= 11 is 0.928. The fourth-order valence-electron chi connectivity index (χ4n) is 2.84. The monoisotopic (exact) mass is 427 g/mol. The Balaban J connectivity index is 1.64. The Kier molecular flexibility index (Phi) is 7.79. The zero-order valence-electron chi connectivity index (χ0n) is 17.1. The van der Waals surface area contributed by atoms with Crippen LogP contribution in [0.15, 0.2) is 53.4 Å². The minimum Gasteiger partial charge on any atom is -0.493 e. The number of thioether (sulfide) groups is 1. The number of rotatable bonds is 10. The summed E-state index contributed by atoms with van der Waals surface area (Å²) in [6.07, 6.45) is 3.71. The summed E-state index contributed by atoms with van der Waals surface area (Å²) in [5.41, 5.74) is 0.765. The average molecular weight is 428 g/mol. The fraction of sp³-hybridized carbons (Fsp3) is 0.304. The van der Waals surface area contributed by atoms with Crippen molar-refractivity contribution in [1.82, 2.24) is 4.90 Å². The molecule has 7 heteroatoms. The van der Waals surface area contributed by atoms with Crippen molar-refractivity contribution in [3.8, 4) is 17.2 Å². The summed E-state index contributed by atoms with van der Waals surface area (Å²) in [5, 5.41) is -0.297. The Morgan fingerprint density at radius 2 is 1.80 bits per heavy atom. The van der Waals surface area contributed by atoms with Gasteiger partial charge in [0.15, 0.2) is 11.5 Å². The number of ether oxygens (including phenoxy) is 3. The number of para-hydroxylation sites is 1. The van der Waals surface area contributed by atoms with Gasteiger partial charge < -0.3 is 14.2 Å². The Morgan fingerprint density at radius 1 is 1.00 bits per heavy atom. The molecule has 0 spiro atoms. The molecule has 1 aliphatic rings. The Bertz CT molecular complexity index is 913. The van der Waals surface area contributed by atoms with Crippen LogP contribution in [0.25, 0.3) is 6.08 Å². The van der Waals surface area contributed by atoms with Crippen molar-refractivity contribution in [3.63, 3.8) is 0 Å². The molecule has 0 N–H and O–H groups in total. The van der Waals surface area contributed by atoms with Gasteiger partial charge in [-0.15, -0.1) is 0 Å². The second-order valence-corrected chi connectivity index (χ2v) is 7.60. The second kappa shape index (κ2) is 10.7. The molecule has 158 valence electrons. The SMILES string of the molecule is CCCCOc1ccc(/C=C2\SC(=O)N(CCOc3ccccc3)C2=O)cc1OC. The van der Waals surface area contributed by atoms with Crippen molar-refractivity contribution in [1.29, 1.82) is 0 Å². The van der Waals surface area contributed by atoms with Gasteiger partial charge >= 0.3 is 0 Å². The normalized spacial score (nSPS) is 15.0. The van der Waals surface area contributed by atoms with Gasteiger partial charge in [0.2, 0.25) is 0 Å². The van der Waals surface area contributed by atoms with Crippen LogP contribution in [0.4, 0.5) is 4.79 Å². The molecule has 0 aliphatic carbocycles. The van der Waals surface area contributed by atoms with E-state index in [0.717, 1.165) is 30.2 Å². The number of hydrogen-bond acceptors (Lipinski definition) is 6. The fourth-order valence-corrected chi connectivity index (χ4v) is 3.70.